The van der Waals surface area contributed by atoms with E-state index in [2.05, 4.69) is 5.32 Å². The van der Waals surface area contributed by atoms with Crippen LogP contribution in [-0.2, 0) is 19.2 Å². The van der Waals surface area contributed by atoms with E-state index in [0.717, 1.165) is 19.4 Å². The minimum absolute atomic E-state index is 0.156. The van der Waals surface area contributed by atoms with Gasteiger partial charge < -0.3 is 20.6 Å². The Morgan fingerprint density at radius 3 is 2.04 bits per heavy atom. The largest absolute Gasteiger partial charge is 0.480 e. The standard InChI is InChI=1S/C10H17NO5.C5H9NO2/c1-6(2)4-7(9(13)14)11(3)5-8(12)10(15)16;7-5(8)4-2-1-3-6-4/h6-7H,4-5H2,1-3H3,(H,13,14)(H,15,16);4,6H,1-3H2,(H,7,8)/t7-;4-/m00/s1. The summed E-state index contributed by atoms with van der Waals surface area (Å²) < 4.78 is 0. The van der Waals surface area contributed by atoms with Gasteiger partial charge in [0, 0.05) is 0 Å². The molecule has 24 heavy (non-hydrogen) atoms. The lowest BCUT2D eigenvalue weighted by Crippen LogP contribution is -2.43. The zero-order chi connectivity index (χ0) is 18.9. The van der Waals surface area contributed by atoms with E-state index in [1.54, 1.807) is 0 Å². The van der Waals surface area contributed by atoms with Crippen molar-refractivity contribution in [3.63, 3.8) is 0 Å². The number of hydrogen-bond donors (Lipinski definition) is 4. The van der Waals surface area contributed by atoms with E-state index in [1.807, 2.05) is 13.8 Å². The van der Waals surface area contributed by atoms with Crippen LogP contribution in [0.3, 0.4) is 0 Å². The first-order valence-corrected chi connectivity index (χ1v) is 7.71. The molecule has 0 spiro atoms. The molecule has 9 nitrogen and oxygen atoms in total. The minimum Gasteiger partial charge on any atom is -0.480 e. The van der Waals surface area contributed by atoms with Gasteiger partial charge in [-0.15, -0.1) is 0 Å². The van der Waals surface area contributed by atoms with Crippen LogP contribution in [0.1, 0.15) is 33.1 Å². The number of hydrogen-bond acceptors (Lipinski definition) is 6. The monoisotopic (exact) mass is 346 g/mol. The van der Waals surface area contributed by atoms with Gasteiger partial charge in [-0.2, -0.15) is 0 Å². The van der Waals surface area contributed by atoms with Crippen molar-refractivity contribution in [3.05, 3.63) is 0 Å². The summed E-state index contributed by atoms with van der Waals surface area (Å²) in [5.74, 6) is -4.15. The van der Waals surface area contributed by atoms with Crippen molar-refractivity contribution in [2.75, 3.05) is 20.1 Å². The SMILES string of the molecule is CC(C)C[C@@H](C(=O)O)N(C)CC(=O)C(=O)O.O=C(O)[C@@H]1CCCN1. The molecule has 138 valence electrons. The Morgan fingerprint density at radius 1 is 1.17 bits per heavy atom. The number of carbonyl (C=O) groups excluding carboxylic acids is 1. The number of carboxylic acids is 3. The molecule has 1 heterocycles. The maximum Gasteiger partial charge on any atom is 0.373 e. The highest BCUT2D eigenvalue weighted by Crippen LogP contribution is 2.10. The van der Waals surface area contributed by atoms with Crippen LogP contribution >= 0.6 is 0 Å². The van der Waals surface area contributed by atoms with Crippen LogP contribution in [0.4, 0.5) is 0 Å². The molecule has 0 aromatic heterocycles. The lowest BCUT2D eigenvalue weighted by atomic mass is 10.0. The highest BCUT2D eigenvalue weighted by molar-refractivity contribution is 6.33. The molecule has 0 radical (unpaired) electrons. The van der Waals surface area contributed by atoms with Crippen LogP contribution in [-0.4, -0.2) is 76.1 Å². The first kappa shape index (κ1) is 22.0. The first-order chi connectivity index (χ1) is 11.1. The van der Waals surface area contributed by atoms with Gasteiger partial charge in [0.1, 0.15) is 12.1 Å². The molecule has 0 amide bonds. The van der Waals surface area contributed by atoms with Crippen molar-refractivity contribution >= 4 is 23.7 Å². The molecule has 1 saturated heterocycles. The number of ketones is 1. The summed E-state index contributed by atoms with van der Waals surface area (Å²) in [6.45, 7) is 4.20. The van der Waals surface area contributed by atoms with Crippen LogP contribution in [0.2, 0.25) is 0 Å². The number of nitrogens with zero attached hydrogens (tertiary/aromatic N) is 1. The number of nitrogens with one attached hydrogen (secondary N) is 1. The zero-order valence-electron chi connectivity index (χ0n) is 14.2. The van der Waals surface area contributed by atoms with Gasteiger partial charge in [0.25, 0.3) is 5.78 Å². The highest BCUT2D eigenvalue weighted by Gasteiger charge is 2.26. The van der Waals surface area contributed by atoms with Gasteiger partial charge in [-0.05, 0) is 38.8 Å². The van der Waals surface area contributed by atoms with Gasteiger partial charge >= 0.3 is 17.9 Å². The molecule has 0 aliphatic carbocycles. The molecule has 0 aromatic carbocycles. The zero-order valence-corrected chi connectivity index (χ0v) is 14.2. The number of likely N-dealkylation sites (N-methyl/N-ethyl adjacent to an activating group) is 1. The molecule has 2 atom stereocenters. The van der Waals surface area contributed by atoms with Crippen molar-refractivity contribution < 1.29 is 34.5 Å². The van der Waals surface area contributed by atoms with Crippen LogP contribution in [0, 0.1) is 5.92 Å². The van der Waals surface area contributed by atoms with Gasteiger partial charge in [-0.1, -0.05) is 13.8 Å². The van der Waals surface area contributed by atoms with E-state index >= 15 is 0 Å². The minimum atomic E-state index is -1.54. The Morgan fingerprint density at radius 2 is 1.75 bits per heavy atom. The Balaban J connectivity index is 0.000000546. The number of aliphatic carboxylic acids is 3. The number of carboxylic acid groups (broad SMARTS) is 3. The molecule has 0 saturated carbocycles. The third kappa shape index (κ3) is 8.59. The maximum atomic E-state index is 10.9. The van der Waals surface area contributed by atoms with Crippen molar-refractivity contribution in [3.8, 4) is 0 Å². The number of carbonyl (C=O) groups is 4. The number of Topliss-reactive ketones (excluding diaryl/α,β-unsaturated/α-hetero) is 1. The molecular formula is C15H26N2O7. The molecule has 0 bridgehead atoms. The van der Waals surface area contributed by atoms with E-state index in [9.17, 15) is 19.2 Å². The third-order valence-electron chi connectivity index (χ3n) is 3.50. The lowest BCUT2D eigenvalue weighted by Gasteiger charge is -2.24. The summed E-state index contributed by atoms with van der Waals surface area (Å²) in [6, 6.07) is -1.10. The summed E-state index contributed by atoms with van der Waals surface area (Å²) >= 11 is 0. The van der Waals surface area contributed by atoms with Crippen LogP contribution in [0.25, 0.3) is 0 Å². The van der Waals surface area contributed by atoms with Gasteiger partial charge in [0.15, 0.2) is 0 Å². The molecule has 1 aliphatic heterocycles. The quantitative estimate of drug-likeness (QED) is 0.442. The number of rotatable bonds is 8. The van der Waals surface area contributed by atoms with Crippen LogP contribution < -0.4 is 5.32 Å². The molecule has 1 fully saturated rings. The van der Waals surface area contributed by atoms with Gasteiger partial charge in [0.2, 0.25) is 0 Å². The summed E-state index contributed by atoms with van der Waals surface area (Å²) in [5, 5.41) is 28.6. The fourth-order valence-corrected chi connectivity index (χ4v) is 2.22. The van der Waals surface area contributed by atoms with Crippen molar-refractivity contribution in [1.29, 1.82) is 0 Å². The molecule has 4 N–H and O–H groups in total. The Kier molecular flexibility index (Phi) is 9.82. The van der Waals surface area contributed by atoms with Crippen molar-refractivity contribution in [2.24, 2.45) is 5.92 Å². The maximum absolute atomic E-state index is 10.9. The van der Waals surface area contributed by atoms with E-state index in [0.29, 0.717) is 6.42 Å². The normalized spacial score (nSPS) is 18.0. The molecule has 0 aromatic rings. The van der Waals surface area contributed by atoms with E-state index in [4.69, 9.17) is 15.3 Å². The molecule has 1 rings (SSSR count). The average Bonchev–Trinajstić information content (AvgIpc) is 2.99. The topological polar surface area (TPSA) is 144 Å². The van der Waals surface area contributed by atoms with Gasteiger partial charge in [-0.3, -0.25) is 19.3 Å². The lowest BCUT2D eigenvalue weighted by molar-refractivity contribution is -0.151. The van der Waals surface area contributed by atoms with E-state index < -0.39 is 29.7 Å². The summed E-state index contributed by atoms with van der Waals surface area (Å²) in [7, 11) is 1.43. The van der Waals surface area contributed by atoms with Crippen molar-refractivity contribution in [2.45, 2.75) is 45.2 Å². The molecule has 1 aliphatic rings. The average molecular weight is 346 g/mol. The Labute approximate surface area is 140 Å². The fourth-order valence-electron chi connectivity index (χ4n) is 2.22. The second kappa shape index (κ2) is 10.7. The smallest absolute Gasteiger partial charge is 0.373 e. The van der Waals surface area contributed by atoms with Crippen LogP contribution in [0.15, 0.2) is 0 Å². The van der Waals surface area contributed by atoms with Gasteiger partial charge in [-0.25, -0.2) is 4.79 Å². The van der Waals surface area contributed by atoms with Crippen molar-refractivity contribution in [1.82, 2.24) is 10.2 Å². The molecule has 9 heteroatoms. The van der Waals surface area contributed by atoms with E-state index in [-0.39, 0.29) is 18.5 Å². The summed E-state index contributed by atoms with van der Waals surface area (Å²) in [4.78, 5) is 43.6. The second-order valence-corrected chi connectivity index (χ2v) is 6.11. The summed E-state index contributed by atoms with van der Waals surface area (Å²) in [5.41, 5.74) is 0. The predicted molar refractivity (Wildman–Crippen MR) is 84.8 cm³/mol. The third-order valence-corrected chi connectivity index (χ3v) is 3.50. The second-order valence-electron chi connectivity index (χ2n) is 6.11. The highest BCUT2D eigenvalue weighted by atomic mass is 16.4. The predicted octanol–water partition coefficient (Wildman–Crippen LogP) is -0.106. The molecular weight excluding hydrogens is 320 g/mol. The fraction of sp³-hybridized carbons (Fsp3) is 0.733. The van der Waals surface area contributed by atoms with Crippen LogP contribution in [0.5, 0.6) is 0 Å². The first-order valence-electron chi connectivity index (χ1n) is 7.71. The summed E-state index contributed by atoms with van der Waals surface area (Å²) in [6.07, 6.45) is 2.16. The van der Waals surface area contributed by atoms with E-state index in [1.165, 1.54) is 11.9 Å². The Hall–Kier alpha value is -2.00. The Bertz CT molecular complexity index is 459. The molecule has 0 unspecified atom stereocenters. The van der Waals surface area contributed by atoms with Gasteiger partial charge in [0.05, 0.1) is 6.54 Å².